The molecule has 0 saturated heterocycles. The molecule has 2 heterocycles. The number of thiophene rings is 1. The Bertz CT molecular complexity index is 395. The lowest BCUT2D eigenvalue weighted by Crippen LogP contribution is -2.19. The van der Waals surface area contributed by atoms with Crippen LogP contribution in [0, 0.1) is 13.8 Å². The van der Waals surface area contributed by atoms with Crippen LogP contribution in [0.4, 0.5) is 0 Å². The molecule has 0 amide bonds. The van der Waals surface area contributed by atoms with E-state index in [1.54, 1.807) is 11.3 Å². The summed E-state index contributed by atoms with van der Waals surface area (Å²) in [5.74, 6) is 0. The minimum absolute atomic E-state index is 0.979. The first-order valence-electron chi connectivity index (χ1n) is 5.17. The monoisotopic (exact) mass is 220 g/mol. The Morgan fingerprint density at radius 3 is 2.53 bits per heavy atom. The maximum absolute atomic E-state index is 3.42. The zero-order valence-corrected chi connectivity index (χ0v) is 9.97. The van der Waals surface area contributed by atoms with Crippen molar-refractivity contribution in [2.24, 2.45) is 0 Å². The third kappa shape index (κ3) is 2.42. The van der Waals surface area contributed by atoms with Gasteiger partial charge in [-0.05, 0) is 54.8 Å². The van der Waals surface area contributed by atoms with E-state index in [-0.39, 0.29) is 0 Å². The van der Waals surface area contributed by atoms with E-state index in [1.807, 2.05) is 0 Å². The van der Waals surface area contributed by atoms with Crippen LogP contribution in [0.15, 0.2) is 29.0 Å². The topological polar surface area (TPSA) is 17.0 Å². The summed E-state index contributed by atoms with van der Waals surface area (Å²) in [6, 6.07) is 6.45. The average molecular weight is 220 g/mol. The third-order valence-corrected chi connectivity index (χ3v) is 3.27. The van der Waals surface area contributed by atoms with Gasteiger partial charge in [0.2, 0.25) is 0 Å². The maximum Gasteiger partial charge on any atom is 0.0366 e. The van der Waals surface area contributed by atoms with Gasteiger partial charge in [0, 0.05) is 17.9 Å². The summed E-state index contributed by atoms with van der Waals surface area (Å²) >= 11 is 1.76. The Labute approximate surface area is 94.5 Å². The molecule has 0 unspecified atom stereocenters. The summed E-state index contributed by atoms with van der Waals surface area (Å²) < 4.78 is 2.15. The van der Waals surface area contributed by atoms with Crippen molar-refractivity contribution in [2.75, 3.05) is 12.0 Å². The molecule has 0 fully saturated rings. The van der Waals surface area contributed by atoms with Crippen LogP contribution < -0.4 is 5.43 Å². The van der Waals surface area contributed by atoms with Gasteiger partial charge in [0.25, 0.3) is 0 Å². The third-order valence-electron chi connectivity index (χ3n) is 2.53. The minimum Gasteiger partial charge on any atom is -0.326 e. The minimum atomic E-state index is 0.979. The van der Waals surface area contributed by atoms with Crippen molar-refractivity contribution in [1.29, 1.82) is 0 Å². The Hall–Kier alpha value is -1.22. The predicted molar refractivity (Wildman–Crippen MR) is 66.2 cm³/mol. The number of rotatable bonds is 4. The Morgan fingerprint density at radius 1 is 1.20 bits per heavy atom. The van der Waals surface area contributed by atoms with Crippen LogP contribution >= 0.6 is 11.3 Å². The van der Waals surface area contributed by atoms with Crippen molar-refractivity contribution in [1.82, 2.24) is 4.68 Å². The molecule has 0 aliphatic heterocycles. The van der Waals surface area contributed by atoms with Gasteiger partial charge in [-0.15, -0.1) is 0 Å². The van der Waals surface area contributed by atoms with Crippen molar-refractivity contribution in [2.45, 2.75) is 20.3 Å². The fourth-order valence-electron chi connectivity index (χ4n) is 1.66. The SMILES string of the molecule is Cc1ccc(C)n1NCCc1ccsc1. The smallest absolute Gasteiger partial charge is 0.0366 e. The molecular formula is C12H16N2S. The molecule has 0 aliphatic carbocycles. The molecule has 0 spiro atoms. The molecule has 3 heteroatoms. The quantitative estimate of drug-likeness (QED) is 0.838. The standard InChI is InChI=1S/C12H16N2S/c1-10-3-4-11(2)14(10)13-7-5-12-6-8-15-9-12/h3-4,6,8-9,13H,5,7H2,1-2H3. The number of nitrogens with zero attached hydrogens (tertiary/aromatic N) is 1. The average Bonchev–Trinajstić information content (AvgIpc) is 2.82. The van der Waals surface area contributed by atoms with E-state index in [0.717, 1.165) is 13.0 Å². The molecule has 80 valence electrons. The van der Waals surface area contributed by atoms with E-state index < -0.39 is 0 Å². The lowest BCUT2D eigenvalue weighted by molar-refractivity contribution is 0.782. The van der Waals surface area contributed by atoms with Gasteiger partial charge in [0.05, 0.1) is 0 Å². The zero-order chi connectivity index (χ0) is 10.7. The molecule has 15 heavy (non-hydrogen) atoms. The van der Waals surface area contributed by atoms with Crippen LogP contribution in [0.2, 0.25) is 0 Å². The van der Waals surface area contributed by atoms with Gasteiger partial charge in [0.1, 0.15) is 0 Å². The van der Waals surface area contributed by atoms with Crippen LogP contribution in [-0.4, -0.2) is 11.2 Å². The molecule has 0 bridgehead atoms. The normalized spacial score (nSPS) is 10.5. The molecule has 0 aliphatic rings. The van der Waals surface area contributed by atoms with Gasteiger partial charge in [-0.1, -0.05) is 0 Å². The van der Waals surface area contributed by atoms with Gasteiger partial charge < -0.3 is 5.43 Å². The fraction of sp³-hybridized carbons (Fsp3) is 0.333. The molecule has 2 aromatic heterocycles. The van der Waals surface area contributed by atoms with E-state index in [9.17, 15) is 0 Å². The van der Waals surface area contributed by atoms with E-state index in [2.05, 4.69) is 52.9 Å². The summed E-state index contributed by atoms with van der Waals surface area (Å²) in [5, 5.41) is 4.33. The highest BCUT2D eigenvalue weighted by Crippen LogP contribution is 2.07. The highest BCUT2D eigenvalue weighted by Gasteiger charge is 1.99. The van der Waals surface area contributed by atoms with Crippen LogP contribution in [0.3, 0.4) is 0 Å². The van der Waals surface area contributed by atoms with Crippen molar-refractivity contribution in [3.8, 4) is 0 Å². The van der Waals surface area contributed by atoms with Crippen LogP contribution in [-0.2, 0) is 6.42 Å². The summed E-state index contributed by atoms with van der Waals surface area (Å²) in [7, 11) is 0. The summed E-state index contributed by atoms with van der Waals surface area (Å²) in [5.41, 5.74) is 7.36. The Balaban J connectivity index is 1.89. The highest BCUT2D eigenvalue weighted by atomic mass is 32.1. The molecular weight excluding hydrogens is 204 g/mol. The number of hydrogen-bond donors (Lipinski definition) is 1. The molecule has 2 rings (SSSR count). The van der Waals surface area contributed by atoms with Crippen molar-refractivity contribution in [3.05, 3.63) is 45.9 Å². The van der Waals surface area contributed by atoms with E-state index in [1.165, 1.54) is 17.0 Å². The van der Waals surface area contributed by atoms with Crippen LogP contribution in [0.5, 0.6) is 0 Å². The first kappa shape index (κ1) is 10.3. The Kier molecular flexibility index (Phi) is 3.11. The van der Waals surface area contributed by atoms with Gasteiger partial charge in [-0.3, -0.25) is 4.68 Å². The van der Waals surface area contributed by atoms with E-state index >= 15 is 0 Å². The summed E-state index contributed by atoms with van der Waals surface area (Å²) in [4.78, 5) is 0. The molecule has 0 radical (unpaired) electrons. The number of aryl methyl sites for hydroxylation is 2. The lowest BCUT2D eigenvalue weighted by Gasteiger charge is -2.11. The summed E-state index contributed by atoms with van der Waals surface area (Å²) in [6.45, 7) is 5.21. The van der Waals surface area contributed by atoms with Gasteiger partial charge in [-0.25, -0.2) is 0 Å². The molecule has 2 nitrogen and oxygen atoms in total. The van der Waals surface area contributed by atoms with Crippen molar-refractivity contribution in [3.63, 3.8) is 0 Å². The molecule has 1 N–H and O–H groups in total. The fourth-order valence-corrected chi connectivity index (χ4v) is 2.37. The molecule has 0 aromatic carbocycles. The van der Waals surface area contributed by atoms with Gasteiger partial charge in [0.15, 0.2) is 0 Å². The van der Waals surface area contributed by atoms with E-state index in [4.69, 9.17) is 0 Å². The zero-order valence-electron chi connectivity index (χ0n) is 9.16. The Morgan fingerprint density at radius 2 is 1.93 bits per heavy atom. The predicted octanol–water partition coefficient (Wildman–Crippen LogP) is 2.95. The highest BCUT2D eigenvalue weighted by molar-refractivity contribution is 7.07. The second kappa shape index (κ2) is 4.53. The second-order valence-electron chi connectivity index (χ2n) is 3.74. The molecule has 0 saturated carbocycles. The van der Waals surface area contributed by atoms with Gasteiger partial charge in [-0.2, -0.15) is 11.3 Å². The second-order valence-corrected chi connectivity index (χ2v) is 4.52. The maximum atomic E-state index is 3.42. The molecule has 2 aromatic rings. The number of aromatic nitrogens is 1. The lowest BCUT2D eigenvalue weighted by atomic mass is 10.2. The largest absolute Gasteiger partial charge is 0.326 e. The summed E-state index contributed by atoms with van der Waals surface area (Å²) in [6.07, 6.45) is 1.08. The number of nitrogens with one attached hydrogen (secondary N) is 1. The first-order valence-corrected chi connectivity index (χ1v) is 6.11. The number of hydrogen-bond acceptors (Lipinski definition) is 2. The van der Waals surface area contributed by atoms with Gasteiger partial charge >= 0.3 is 0 Å². The van der Waals surface area contributed by atoms with Crippen molar-refractivity contribution < 1.29 is 0 Å². The van der Waals surface area contributed by atoms with Crippen molar-refractivity contribution >= 4 is 11.3 Å². The first-order chi connectivity index (χ1) is 7.27. The van der Waals surface area contributed by atoms with E-state index in [0.29, 0.717) is 0 Å². The molecule has 0 atom stereocenters. The van der Waals surface area contributed by atoms with Crippen LogP contribution in [0.1, 0.15) is 17.0 Å². The van der Waals surface area contributed by atoms with Crippen LogP contribution in [0.25, 0.3) is 0 Å².